The highest BCUT2D eigenvalue weighted by molar-refractivity contribution is 7.93. The third-order valence-electron chi connectivity index (χ3n) is 4.18. The zero-order valence-electron chi connectivity index (χ0n) is 15.4. The molecule has 2 aromatic carbocycles. The van der Waals surface area contributed by atoms with E-state index in [2.05, 4.69) is 9.71 Å². The van der Waals surface area contributed by atoms with Crippen LogP contribution in [0.2, 0.25) is 0 Å². The molecule has 1 aliphatic heterocycles. The van der Waals surface area contributed by atoms with E-state index >= 15 is 0 Å². The van der Waals surface area contributed by atoms with E-state index in [1.54, 1.807) is 31.2 Å². The summed E-state index contributed by atoms with van der Waals surface area (Å²) in [6.45, 7) is 2.56. The van der Waals surface area contributed by atoms with Gasteiger partial charge in [0.2, 0.25) is 14.2 Å². The van der Waals surface area contributed by atoms with E-state index in [4.69, 9.17) is 9.47 Å². The van der Waals surface area contributed by atoms with Crippen LogP contribution in [0.3, 0.4) is 0 Å². The maximum atomic E-state index is 12.8. The zero-order chi connectivity index (χ0) is 20.6. The van der Waals surface area contributed by atoms with Crippen molar-refractivity contribution in [1.82, 2.24) is 4.98 Å². The molecule has 0 atom stereocenters. The van der Waals surface area contributed by atoms with E-state index < -0.39 is 19.9 Å². The maximum absolute atomic E-state index is 12.8. The SMILES string of the molecule is CCCS(=O)(=O)c1nc2ccc(NS(=O)(=O)c3ccc4c(c3)OCCO4)cc2s1. The van der Waals surface area contributed by atoms with E-state index in [1.165, 1.54) is 12.1 Å². The summed E-state index contributed by atoms with van der Waals surface area (Å²) in [5.41, 5.74) is 0.822. The quantitative estimate of drug-likeness (QED) is 0.609. The van der Waals surface area contributed by atoms with E-state index in [-0.39, 0.29) is 15.0 Å². The van der Waals surface area contributed by atoms with Crippen LogP contribution in [-0.2, 0) is 19.9 Å². The summed E-state index contributed by atoms with van der Waals surface area (Å²) in [6, 6.07) is 9.13. The first-order chi connectivity index (χ1) is 13.8. The standard InChI is InChI=1S/C18H18N2O6S3/c1-2-9-28(21,22)18-19-14-5-3-12(10-17(14)27-18)20-29(23,24)13-4-6-15-16(11-13)26-8-7-25-15/h3-6,10-11,20H,2,7-9H2,1H3. The first-order valence-corrected chi connectivity index (χ1v) is 12.8. The fourth-order valence-electron chi connectivity index (χ4n) is 2.86. The van der Waals surface area contributed by atoms with Crippen molar-refractivity contribution in [2.75, 3.05) is 23.7 Å². The van der Waals surface area contributed by atoms with Crippen molar-refractivity contribution >= 4 is 47.1 Å². The van der Waals surface area contributed by atoms with Crippen LogP contribution in [0.25, 0.3) is 10.2 Å². The molecule has 0 unspecified atom stereocenters. The molecule has 0 spiro atoms. The first-order valence-electron chi connectivity index (χ1n) is 8.84. The molecule has 8 nitrogen and oxygen atoms in total. The largest absolute Gasteiger partial charge is 0.486 e. The normalized spacial score (nSPS) is 14.1. The molecule has 2 heterocycles. The fourth-order valence-corrected chi connectivity index (χ4v) is 6.64. The first kappa shape index (κ1) is 19.9. The van der Waals surface area contributed by atoms with Crippen molar-refractivity contribution in [2.45, 2.75) is 22.6 Å². The lowest BCUT2D eigenvalue weighted by atomic mass is 10.3. The number of benzene rings is 2. The van der Waals surface area contributed by atoms with Crippen molar-refractivity contribution < 1.29 is 26.3 Å². The van der Waals surface area contributed by atoms with Crippen LogP contribution in [0.1, 0.15) is 13.3 Å². The molecular formula is C18H18N2O6S3. The Balaban J connectivity index is 1.63. The third-order valence-corrected chi connectivity index (χ3v) is 8.96. The molecule has 0 fully saturated rings. The lowest BCUT2D eigenvalue weighted by Gasteiger charge is -2.19. The molecule has 11 heteroatoms. The Morgan fingerprint density at radius 1 is 1.03 bits per heavy atom. The zero-order valence-corrected chi connectivity index (χ0v) is 17.9. The third kappa shape index (κ3) is 4.02. The monoisotopic (exact) mass is 454 g/mol. The topological polar surface area (TPSA) is 112 Å². The summed E-state index contributed by atoms with van der Waals surface area (Å²) in [6.07, 6.45) is 0.499. The molecule has 4 rings (SSSR count). The highest BCUT2D eigenvalue weighted by Crippen LogP contribution is 2.33. The van der Waals surface area contributed by atoms with Crippen molar-refractivity contribution in [3.8, 4) is 11.5 Å². The number of hydrogen-bond acceptors (Lipinski definition) is 8. The molecule has 1 aromatic heterocycles. The summed E-state index contributed by atoms with van der Waals surface area (Å²) < 4.78 is 64.0. The van der Waals surface area contributed by atoms with Gasteiger partial charge in [-0.05, 0) is 36.8 Å². The van der Waals surface area contributed by atoms with Gasteiger partial charge in [-0.25, -0.2) is 21.8 Å². The number of sulfonamides is 1. The second kappa shape index (κ2) is 7.47. The van der Waals surface area contributed by atoms with Crippen LogP contribution < -0.4 is 14.2 Å². The number of ether oxygens (including phenoxy) is 2. The molecular weight excluding hydrogens is 436 g/mol. The van der Waals surface area contributed by atoms with Crippen molar-refractivity contribution in [3.63, 3.8) is 0 Å². The van der Waals surface area contributed by atoms with Gasteiger partial charge >= 0.3 is 0 Å². The van der Waals surface area contributed by atoms with Crippen LogP contribution in [0.5, 0.6) is 11.5 Å². The lowest BCUT2D eigenvalue weighted by Crippen LogP contribution is -2.17. The lowest BCUT2D eigenvalue weighted by molar-refractivity contribution is 0.171. The van der Waals surface area contributed by atoms with Crippen LogP contribution in [-0.4, -0.2) is 40.8 Å². The van der Waals surface area contributed by atoms with E-state index in [0.717, 1.165) is 11.3 Å². The van der Waals surface area contributed by atoms with Gasteiger partial charge in [0.15, 0.2) is 11.5 Å². The van der Waals surface area contributed by atoms with Crippen LogP contribution in [0.15, 0.2) is 45.6 Å². The predicted molar refractivity (Wildman–Crippen MR) is 110 cm³/mol. The minimum absolute atomic E-state index is 0.0242. The van der Waals surface area contributed by atoms with Gasteiger partial charge in [-0.3, -0.25) is 4.72 Å². The molecule has 154 valence electrons. The highest BCUT2D eigenvalue weighted by atomic mass is 32.2. The highest BCUT2D eigenvalue weighted by Gasteiger charge is 2.21. The minimum Gasteiger partial charge on any atom is -0.486 e. The van der Waals surface area contributed by atoms with Gasteiger partial charge in [-0.15, -0.1) is 11.3 Å². The van der Waals surface area contributed by atoms with Gasteiger partial charge in [0.1, 0.15) is 13.2 Å². The smallest absolute Gasteiger partial charge is 0.262 e. The van der Waals surface area contributed by atoms with Gasteiger partial charge in [0.25, 0.3) is 10.0 Å². The summed E-state index contributed by atoms with van der Waals surface area (Å²) in [5, 5.41) is 0. The Hall–Kier alpha value is -2.37. The summed E-state index contributed by atoms with van der Waals surface area (Å²) in [4.78, 5) is 4.21. The van der Waals surface area contributed by atoms with E-state index in [0.29, 0.717) is 47.0 Å². The summed E-state index contributed by atoms with van der Waals surface area (Å²) >= 11 is 1.03. The Morgan fingerprint density at radius 2 is 1.79 bits per heavy atom. The molecule has 0 saturated carbocycles. The minimum atomic E-state index is -3.87. The Labute approximate surface area is 172 Å². The number of hydrogen-bond donors (Lipinski definition) is 1. The molecule has 0 aliphatic carbocycles. The van der Waals surface area contributed by atoms with Crippen LogP contribution >= 0.6 is 11.3 Å². The fraction of sp³-hybridized carbons (Fsp3) is 0.278. The van der Waals surface area contributed by atoms with E-state index in [9.17, 15) is 16.8 Å². The average Bonchev–Trinajstić information content (AvgIpc) is 3.12. The number of thiazole rings is 1. The molecule has 1 N–H and O–H groups in total. The Kier molecular flexibility index (Phi) is 5.13. The summed E-state index contributed by atoms with van der Waals surface area (Å²) in [7, 11) is -7.29. The predicted octanol–water partition coefficient (Wildman–Crippen LogP) is 3.05. The van der Waals surface area contributed by atoms with Crippen LogP contribution in [0, 0.1) is 0 Å². The molecule has 1 aliphatic rings. The Bertz CT molecular complexity index is 1280. The Morgan fingerprint density at radius 3 is 2.55 bits per heavy atom. The molecule has 0 radical (unpaired) electrons. The molecule has 29 heavy (non-hydrogen) atoms. The number of nitrogens with zero attached hydrogens (tertiary/aromatic N) is 1. The second-order valence-corrected chi connectivity index (χ2v) is 11.4. The van der Waals surface area contributed by atoms with Gasteiger partial charge in [0.05, 0.1) is 26.6 Å². The number of aromatic nitrogens is 1. The average molecular weight is 455 g/mol. The van der Waals surface area contributed by atoms with Crippen molar-refractivity contribution in [1.29, 1.82) is 0 Å². The second-order valence-electron chi connectivity index (χ2n) is 6.39. The van der Waals surface area contributed by atoms with Gasteiger partial charge in [0, 0.05) is 6.07 Å². The number of sulfone groups is 1. The van der Waals surface area contributed by atoms with E-state index in [1.807, 2.05) is 0 Å². The molecule has 0 saturated heterocycles. The van der Waals surface area contributed by atoms with Crippen LogP contribution in [0.4, 0.5) is 5.69 Å². The number of nitrogens with one attached hydrogen (secondary N) is 1. The molecule has 0 amide bonds. The summed E-state index contributed by atoms with van der Waals surface area (Å²) in [5.74, 6) is 0.904. The molecule has 3 aromatic rings. The van der Waals surface area contributed by atoms with Crippen molar-refractivity contribution in [2.24, 2.45) is 0 Å². The van der Waals surface area contributed by atoms with Gasteiger partial charge in [-0.1, -0.05) is 6.92 Å². The van der Waals surface area contributed by atoms with Gasteiger partial charge < -0.3 is 9.47 Å². The maximum Gasteiger partial charge on any atom is 0.262 e. The van der Waals surface area contributed by atoms with Gasteiger partial charge in [-0.2, -0.15) is 0 Å². The van der Waals surface area contributed by atoms with Crippen molar-refractivity contribution in [3.05, 3.63) is 36.4 Å². The number of rotatable bonds is 6. The number of fused-ring (bicyclic) bond motifs is 2. The molecule has 0 bridgehead atoms. The number of anilines is 1.